The normalized spacial score (nSPS) is 12.7. The second-order valence-electron chi connectivity index (χ2n) is 4.95. The number of hydrogen-bond donors (Lipinski definition) is 1. The van der Waals surface area contributed by atoms with Crippen molar-refractivity contribution in [2.75, 3.05) is 24.3 Å². The van der Waals surface area contributed by atoms with E-state index in [1.165, 1.54) is 17.7 Å². The summed E-state index contributed by atoms with van der Waals surface area (Å²) in [6.07, 6.45) is 2.35. The Balaban J connectivity index is 2.50. The molecule has 0 aliphatic rings. The Morgan fingerprint density at radius 3 is 2.79 bits per heavy atom. The van der Waals surface area contributed by atoms with E-state index in [9.17, 15) is 0 Å². The van der Waals surface area contributed by atoms with Gasteiger partial charge in [0, 0.05) is 25.0 Å². The minimum atomic E-state index is 0.480. The van der Waals surface area contributed by atoms with E-state index in [1.807, 2.05) is 7.05 Å². The summed E-state index contributed by atoms with van der Waals surface area (Å²) in [5.41, 5.74) is 0. The molecule has 1 unspecified atom stereocenters. The van der Waals surface area contributed by atoms with Crippen molar-refractivity contribution in [3.05, 3.63) is 10.9 Å². The zero-order valence-electron chi connectivity index (χ0n) is 12.3. The highest BCUT2D eigenvalue weighted by atomic mass is 32.1. The van der Waals surface area contributed by atoms with Gasteiger partial charge in [-0.3, -0.25) is 0 Å². The molecule has 104 valence electrons. The highest BCUT2D eigenvalue weighted by Crippen LogP contribution is 2.32. The molecule has 0 amide bonds. The van der Waals surface area contributed by atoms with Gasteiger partial charge in [0.05, 0.1) is 5.39 Å². The van der Waals surface area contributed by atoms with Crippen LogP contribution in [0.5, 0.6) is 0 Å². The molecule has 2 rings (SSSR count). The van der Waals surface area contributed by atoms with Crippen LogP contribution in [0.25, 0.3) is 10.2 Å². The lowest BCUT2D eigenvalue weighted by Gasteiger charge is -2.26. The molecule has 2 aromatic heterocycles. The van der Waals surface area contributed by atoms with E-state index in [2.05, 4.69) is 54.1 Å². The van der Waals surface area contributed by atoms with Crippen molar-refractivity contribution in [2.24, 2.45) is 0 Å². The Kier molecular flexibility index (Phi) is 4.24. The topological polar surface area (TPSA) is 41.1 Å². The molecule has 2 aromatic rings. The molecule has 19 heavy (non-hydrogen) atoms. The number of aryl methyl sites for hydroxylation is 1. The number of fused-ring (bicyclic) bond motifs is 1. The molecule has 0 bridgehead atoms. The lowest BCUT2D eigenvalue weighted by atomic mass is 10.1. The standard InChI is InChI=1S/C14H22N4S/c1-6-7-9(2)18(5)12-11-8-10(3)19-13(11)17-14(15-4)16-12/h8-9H,6-7H2,1-5H3,(H,15,16,17). The van der Waals surface area contributed by atoms with Crippen molar-refractivity contribution >= 4 is 33.3 Å². The Bertz CT molecular complexity index is 564. The van der Waals surface area contributed by atoms with Crippen LogP contribution in [0.2, 0.25) is 0 Å². The van der Waals surface area contributed by atoms with Crippen LogP contribution in [0.4, 0.5) is 11.8 Å². The average Bonchev–Trinajstić information content (AvgIpc) is 2.76. The van der Waals surface area contributed by atoms with Crippen LogP contribution in [-0.4, -0.2) is 30.1 Å². The molecule has 5 heteroatoms. The van der Waals surface area contributed by atoms with Crippen LogP contribution >= 0.6 is 11.3 Å². The molecular formula is C14H22N4S. The van der Waals surface area contributed by atoms with Crippen molar-refractivity contribution in [3.8, 4) is 0 Å². The second kappa shape index (κ2) is 5.74. The van der Waals surface area contributed by atoms with Gasteiger partial charge in [-0.2, -0.15) is 4.98 Å². The number of anilines is 2. The van der Waals surface area contributed by atoms with E-state index in [0.29, 0.717) is 12.0 Å². The van der Waals surface area contributed by atoms with Crippen LogP contribution in [0.15, 0.2) is 6.07 Å². The van der Waals surface area contributed by atoms with Crippen molar-refractivity contribution in [1.29, 1.82) is 0 Å². The highest BCUT2D eigenvalue weighted by Gasteiger charge is 2.17. The highest BCUT2D eigenvalue weighted by molar-refractivity contribution is 7.18. The van der Waals surface area contributed by atoms with Crippen LogP contribution in [-0.2, 0) is 0 Å². The van der Waals surface area contributed by atoms with Gasteiger partial charge in [0.1, 0.15) is 10.6 Å². The number of hydrogen-bond acceptors (Lipinski definition) is 5. The first kappa shape index (κ1) is 14.1. The van der Waals surface area contributed by atoms with Gasteiger partial charge in [-0.15, -0.1) is 11.3 Å². The summed E-state index contributed by atoms with van der Waals surface area (Å²) in [7, 11) is 3.98. The molecule has 0 aromatic carbocycles. The molecule has 1 atom stereocenters. The molecule has 0 saturated carbocycles. The number of nitrogens with zero attached hydrogens (tertiary/aromatic N) is 3. The summed E-state index contributed by atoms with van der Waals surface area (Å²) in [6.45, 7) is 6.58. The third-order valence-electron chi connectivity index (χ3n) is 3.42. The largest absolute Gasteiger partial charge is 0.357 e. The van der Waals surface area contributed by atoms with Crippen molar-refractivity contribution in [3.63, 3.8) is 0 Å². The first-order chi connectivity index (χ1) is 9.06. The van der Waals surface area contributed by atoms with Crippen LogP contribution in [0, 0.1) is 6.92 Å². The fourth-order valence-corrected chi connectivity index (χ4v) is 3.10. The summed E-state index contributed by atoms with van der Waals surface area (Å²) in [4.78, 5) is 13.8. The van der Waals surface area contributed by atoms with Gasteiger partial charge in [0.25, 0.3) is 0 Å². The zero-order valence-corrected chi connectivity index (χ0v) is 13.1. The molecular weight excluding hydrogens is 256 g/mol. The van der Waals surface area contributed by atoms with Crippen LogP contribution in [0.1, 0.15) is 31.6 Å². The lowest BCUT2D eigenvalue weighted by Crippen LogP contribution is -2.29. The van der Waals surface area contributed by atoms with E-state index >= 15 is 0 Å². The van der Waals surface area contributed by atoms with Gasteiger partial charge in [-0.1, -0.05) is 13.3 Å². The third kappa shape index (κ3) is 2.81. The minimum Gasteiger partial charge on any atom is -0.357 e. The first-order valence-electron chi connectivity index (χ1n) is 6.75. The fourth-order valence-electron chi connectivity index (χ4n) is 2.23. The van der Waals surface area contributed by atoms with Crippen molar-refractivity contribution in [2.45, 2.75) is 39.7 Å². The summed E-state index contributed by atoms with van der Waals surface area (Å²) < 4.78 is 0. The molecule has 0 radical (unpaired) electrons. The number of nitrogens with one attached hydrogen (secondary N) is 1. The van der Waals surface area contributed by atoms with Crippen molar-refractivity contribution < 1.29 is 0 Å². The zero-order chi connectivity index (χ0) is 14.0. The minimum absolute atomic E-state index is 0.480. The predicted octanol–water partition coefficient (Wildman–Crippen LogP) is 3.67. The molecule has 0 spiro atoms. The quantitative estimate of drug-likeness (QED) is 0.906. The molecule has 0 fully saturated rings. The molecule has 2 heterocycles. The smallest absolute Gasteiger partial charge is 0.225 e. The number of rotatable bonds is 5. The van der Waals surface area contributed by atoms with Gasteiger partial charge in [0.15, 0.2) is 0 Å². The Hall–Kier alpha value is -1.36. The van der Waals surface area contributed by atoms with Crippen LogP contribution in [0.3, 0.4) is 0 Å². The lowest BCUT2D eigenvalue weighted by molar-refractivity contribution is 0.613. The van der Waals surface area contributed by atoms with Gasteiger partial charge in [0.2, 0.25) is 5.95 Å². The summed E-state index contributed by atoms with van der Waals surface area (Å²) >= 11 is 1.72. The third-order valence-corrected chi connectivity index (χ3v) is 4.37. The predicted molar refractivity (Wildman–Crippen MR) is 84.5 cm³/mol. The van der Waals surface area contributed by atoms with Gasteiger partial charge in [-0.25, -0.2) is 4.98 Å². The maximum atomic E-state index is 4.65. The molecule has 0 saturated heterocycles. The molecule has 0 aliphatic carbocycles. The first-order valence-corrected chi connectivity index (χ1v) is 7.57. The van der Waals surface area contributed by atoms with Gasteiger partial charge < -0.3 is 10.2 Å². The Morgan fingerprint density at radius 2 is 2.16 bits per heavy atom. The van der Waals surface area contributed by atoms with E-state index in [0.717, 1.165) is 16.0 Å². The second-order valence-corrected chi connectivity index (χ2v) is 6.18. The van der Waals surface area contributed by atoms with Crippen molar-refractivity contribution in [1.82, 2.24) is 9.97 Å². The fraction of sp³-hybridized carbons (Fsp3) is 0.571. The summed E-state index contributed by atoms with van der Waals surface area (Å²) in [5, 5.41) is 4.21. The average molecular weight is 278 g/mol. The maximum Gasteiger partial charge on any atom is 0.225 e. The van der Waals surface area contributed by atoms with Gasteiger partial charge >= 0.3 is 0 Å². The molecule has 1 N–H and O–H groups in total. The summed E-state index contributed by atoms with van der Waals surface area (Å²) in [6, 6.07) is 2.66. The van der Waals surface area contributed by atoms with E-state index < -0.39 is 0 Å². The van der Waals surface area contributed by atoms with Gasteiger partial charge in [-0.05, 0) is 26.3 Å². The number of aromatic nitrogens is 2. The monoisotopic (exact) mass is 278 g/mol. The maximum absolute atomic E-state index is 4.65. The van der Waals surface area contributed by atoms with E-state index in [4.69, 9.17) is 0 Å². The van der Waals surface area contributed by atoms with E-state index in [1.54, 1.807) is 11.3 Å². The molecule has 4 nitrogen and oxygen atoms in total. The SMILES string of the molecule is CCCC(C)N(C)c1nc(NC)nc2sc(C)cc12. The van der Waals surface area contributed by atoms with E-state index in [-0.39, 0.29) is 0 Å². The molecule has 0 aliphatic heterocycles. The summed E-state index contributed by atoms with van der Waals surface area (Å²) in [5.74, 6) is 1.72. The number of thiophene rings is 1. The van der Waals surface area contributed by atoms with Crippen LogP contribution < -0.4 is 10.2 Å². The Morgan fingerprint density at radius 1 is 1.42 bits per heavy atom. The Labute approximate surface area is 118 Å².